The summed E-state index contributed by atoms with van der Waals surface area (Å²) in [7, 11) is 0. The molecular weight excluding hydrogens is 217 g/mol. The number of hydrogen-bond donors (Lipinski definition) is 1. The molecule has 2 nitrogen and oxygen atoms in total. The highest BCUT2D eigenvalue weighted by Gasteiger charge is 2.12. The quantitative estimate of drug-likeness (QED) is 0.790. The van der Waals surface area contributed by atoms with Gasteiger partial charge in [-0.15, -0.1) is 0 Å². The van der Waals surface area contributed by atoms with E-state index in [9.17, 15) is 4.39 Å². The van der Waals surface area contributed by atoms with Gasteiger partial charge >= 0.3 is 0 Å². The van der Waals surface area contributed by atoms with Crippen LogP contribution >= 0.6 is 0 Å². The molecule has 1 aromatic rings. The predicted octanol–water partition coefficient (Wildman–Crippen LogP) is 2.77. The fourth-order valence-corrected chi connectivity index (χ4v) is 1.72. The summed E-state index contributed by atoms with van der Waals surface area (Å²) in [6.07, 6.45) is 0.865. The molecule has 0 radical (unpaired) electrons. The maximum absolute atomic E-state index is 13.5. The Morgan fingerprint density at radius 2 is 2.00 bits per heavy atom. The monoisotopic (exact) mass is 239 g/mol. The maximum Gasteiger partial charge on any atom is 0.126 e. The second-order valence-electron chi connectivity index (χ2n) is 4.43. The summed E-state index contributed by atoms with van der Waals surface area (Å²) in [5.74, 6) is -0.139. The molecule has 0 spiro atoms. The largest absolute Gasteiger partial charge is 0.377 e. The first kappa shape index (κ1) is 14.1. The lowest BCUT2D eigenvalue weighted by Gasteiger charge is -2.19. The maximum atomic E-state index is 13.5. The van der Waals surface area contributed by atoms with Crippen LogP contribution in [0.5, 0.6) is 0 Å². The zero-order valence-electron chi connectivity index (χ0n) is 10.9. The molecule has 1 atom stereocenters. The van der Waals surface area contributed by atoms with E-state index in [0.29, 0.717) is 13.0 Å². The number of nitrogens with one attached hydrogen (secondary N) is 1. The average molecular weight is 239 g/mol. The van der Waals surface area contributed by atoms with Crippen LogP contribution < -0.4 is 5.32 Å². The molecule has 1 N–H and O–H groups in total. The smallest absolute Gasteiger partial charge is 0.126 e. The van der Waals surface area contributed by atoms with Crippen molar-refractivity contribution in [2.75, 3.05) is 13.2 Å². The molecule has 0 aliphatic rings. The third-order valence-corrected chi connectivity index (χ3v) is 2.55. The highest BCUT2D eigenvalue weighted by atomic mass is 19.1. The zero-order valence-corrected chi connectivity index (χ0v) is 10.9. The van der Waals surface area contributed by atoms with Gasteiger partial charge in [-0.05, 0) is 38.4 Å². The van der Waals surface area contributed by atoms with Crippen molar-refractivity contribution in [3.05, 3.63) is 35.6 Å². The Bertz CT molecular complexity index is 328. The zero-order chi connectivity index (χ0) is 12.7. The SMILES string of the molecule is CCNC(COC(C)C)Cc1ccccc1F. The first-order chi connectivity index (χ1) is 8.13. The van der Waals surface area contributed by atoms with Gasteiger partial charge in [0.25, 0.3) is 0 Å². The molecule has 0 aliphatic heterocycles. The minimum Gasteiger partial charge on any atom is -0.377 e. The van der Waals surface area contributed by atoms with Gasteiger partial charge in [0.1, 0.15) is 5.82 Å². The summed E-state index contributed by atoms with van der Waals surface area (Å²) in [5, 5.41) is 3.32. The molecule has 17 heavy (non-hydrogen) atoms. The number of hydrogen-bond acceptors (Lipinski definition) is 2. The van der Waals surface area contributed by atoms with Crippen LogP contribution in [0.1, 0.15) is 26.3 Å². The van der Waals surface area contributed by atoms with Crippen LogP contribution in [0, 0.1) is 5.82 Å². The van der Waals surface area contributed by atoms with Crippen LogP contribution in [0.25, 0.3) is 0 Å². The summed E-state index contributed by atoms with van der Waals surface area (Å²) in [6.45, 7) is 7.53. The van der Waals surface area contributed by atoms with Crippen LogP contribution in [-0.4, -0.2) is 25.3 Å². The molecule has 96 valence electrons. The molecule has 0 bridgehead atoms. The first-order valence-electron chi connectivity index (χ1n) is 6.21. The number of rotatable bonds is 7. The van der Waals surface area contributed by atoms with E-state index in [4.69, 9.17) is 4.74 Å². The topological polar surface area (TPSA) is 21.3 Å². The van der Waals surface area contributed by atoms with Crippen LogP contribution in [-0.2, 0) is 11.2 Å². The molecule has 1 rings (SSSR count). The summed E-state index contributed by atoms with van der Waals surface area (Å²) in [5.41, 5.74) is 0.741. The van der Waals surface area contributed by atoms with Gasteiger partial charge in [0, 0.05) is 6.04 Å². The van der Waals surface area contributed by atoms with E-state index < -0.39 is 0 Å². The van der Waals surface area contributed by atoms with Crippen molar-refractivity contribution in [2.45, 2.75) is 39.3 Å². The standard InChI is InChI=1S/C14H22FNO/c1-4-16-13(10-17-11(2)3)9-12-7-5-6-8-14(12)15/h5-8,11,13,16H,4,9-10H2,1-3H3. The number of benzene rings is 1. The predicted molar refractivity (Wildman–Crippen MR) is 68.7 cm³/mol. The Kier molecular flexibility index (Phi) is 6.16. The van der Waals surface area contributed by atoms with Gasteiger partial charge in [-0.25, -0.2) is 4.39 Å². The van der Waals surface area contributed by atoms with Crippen LogP contribution in [0.4, 0.5) is 4.39 Å². The third-order valence-electron chi connectivity index (χ3n) is 2.55. The molecule has 0 aliphatic carbocycles. The van der Waals surface area contributed by atoms with E-state index in [1.807, 2.05) is 32.9 Å². The van der Waals surface area contributed by atoms with E-state index in [-0.39, 0.29) is 18.0 Å². The van der Waals surface area contributed by atoms with Crippen molar-refractivity contribution in [1.29, 1.82) is 0 Å². The number of halogens is 1. The van der Waals surface area contributed by atoms with Gasteiger partial charge in [-0.3, -0.25) is 0 Å². The van der Waals surface area contributed by atoms with E-state index in [2.05, 4.69) is 5.32 Å². The lowest BCUT2D eigenvalue weighted by atomic mass is 10.1. The van der Waals surface area contributed by atoms with E-state index >= 15 is 0 Å². The van der Waals surface area contributed by atoms with Crippen molar-refractivity contribution in [2.24, 2.45) is 0 Å². The van der Waals surface area contributed by atoms with Crippen molar-refractivity contribution >= 4 is 0 Å². The Morgan fingerprint density at radius 1 is 1.29 bits per heavy atom. The highest BCUT2D eigenvalue weighted by Crippen LogP contribution is 2.09. The normalized spacial score (nSPS) is 13.0. The van der Waals surface area contributed by atoms with Crippen molar-refractivity contribution < 1.29 is 9.13 Å². The molecular formula is C14H22FNO. The Balaban J connectivity index is 2.56. The molecule has 0 saturated heterocycles. The summed E-state index contributed by atoms with van der Waals surface area (Å²) in [6, 6.07) is 7.08. The average Bonchev–Trinajstić information content (AvgIpc) is 2.29. The number of ether oxygens (including phenoxy) is 1. The summed E-state index contributed by atoms with van der Waals surface area (Å²) < 4.78 is 19.1. The first-order valence-corrected chi connectivity index (χ1v) is 6.21. The molecule has 1 aromatic carbocycles. The van der Waals surface area contributed by atoms with E-state index in [1.54, 1.807) is 6.07 Å². The van der Waals surface area contributed by atoms with Crippen LogP contribution in [0.3, 0.4) is 0 Å². The van der Waals surface area contributed by atoms with Gasteiger partial charge in [0.05, 0.1) is 12.7 Å². The van der Waals surface area contributed by atoms with Gasteiger partial charge in [0.15, 0.2) is 0 Å². The summed E-state index contributed by atoms with van der Waals surface area (Å²) in [4.78, 5) is 0. The fraction of sp³-hybridized carbons (Fsp3) is 0.571. The van der Waals surface area contributed by atoms with Gasteiger partial charge in [-0.1, -0.05) is 25.1 Å². The van der Waals surface area contributed by atoms with Crippen molar-refractivity contribution in [3.8, 4) is 0 Å². The molecule has 0 heterocycles. The summed E-state index contributed by atoms with van der Waals surface area (Å²) >= 11 is 0. The van der Waals surface area contributed by atoms with Crippen molar-refractivity contribution in [1.82, 2.24) is 5.32 Å². The highest BCUT2D eigenvalue weighted by molar-refractivity contribution is 5.18. The van der Waals surface area contributed by atoms with Gasteiger partial charge in [0.2, 0.25) is 0 Å². The molecule has 0 amide bonds. The Morgan fingerprint density at radius 3 is 2.59 bits per heavy atom. The molecule has 0 aromatic heterocycles. The third kappa shape index (κ3) is 5.29. The minimum atomic E-state index is -0.139. The van der Waals surface area contributed by atoms with Crippen LogP contribution in [0.2, 0.25) is 0 Å². The van der Waals surface area contributed by atoms with Crippen molar-refractivity contribution in [3.63, 3.8) is 0 Å². The number of likely N-dealkylation sites (N-methyl/N-ethyl adjacent to an activating group) is 1. The van der Waals surface area contributed by atoms with Crippen LogP contribution in [0.15, 0.2) is 24.3 Å². The fourth-order valence-electron chi connectivity index (χ4n) is 1.72. The Labute approximate surface area is 103 Å². The van der Waals surface area contributed by atoms with Gasteiger partial charge < -0.3 is 10.1 Å². The lowest BCUT2D eigenvalue weighted by Crippen LogP contribution is -2.36. The molecule has 0 saturated carbocycles. The minimum absolute atomic E-state index is 0.139. The molecule has 3 heteroatoms. The lowest BCUT2D eigenvalue weighted by molar-refractivity contribution is 0.0614. The Hall–Kier alpha value is -0.930. The second kappa shape index (κ2) is 7.41. The second-order valence-corrected chi connectivity index (χ2v) is 4.43. The molecule has 0 fully saturated rings. The van der Waals surface area contributed by atoms with E-state index in [0.717, 1.165) is 12.1 Å². The molecule has 1 unspecified atom stereocenters. The van der Waals surface area contributed by atoms with E-state index in [1.165, 1.54) is 6.07 Å². The van der Waals surface area contributed by atoms with Gasteiger partial charge in [-0.2, -0.15) is 0 Å².